The van der Waals surface area contributed by atoms with Gasteiger partial charge in [-0.3, -0.25) is 0 Å². The van der Waals surface area contributed by atoms with E-state index in [0.29, 0.717) is 29.9 Å². The molecular weight excluding hydrogens is 321 g/mol. The number of hydrogen-bond donors (Lipinski definition) is 3. The van der Waals surface area contributed by atoms with Crippen LogP contribution >= 0.6 is 0 Å². The Morgan fingerprint density at radius 2 is 2.00 bits per heavy atom. The molecule has 1 aromatic heterocycles. The van der Waals surface area contributed by atoms with Crippen LogP contribution in [0.25, 0.3) is 11.0 Å². The van der Waals surface area contributed by atoms with Crippen LogP contribution in [0.4, 0.5) is 5.69 Å². The van der Waals surface area contributed by atoms with E-state index in [1.807, 2.05) is 25.1 Å². The fourth-order valence-corrected chi connectivity index (χ4v) is 2.57. The van der Waals surface area contributed by atoms with Crippen molar-refractivity contribution in [3.63, 3.8) is 0 Å². The van der Waals surface area contributed by atoms with Gasteiger partial charge < -0.3 is 24.5 Å². The summed E-state index contributed by atoms with van der Waals surface area (Å²) in [6.07, 6.45) is 0. The molecular formula is C18H18BNO5. The minimum absolute atomic E-state index is 0.380. The van der Waals surface area contributed by atoms with Crippen molar-refractivity contribution in [2.24, 2.45) is 0 Å². The van der Waals surface area contributed by atoms with Crippen LogP contribution < -0.4 is 21.1 Å². The van der Waals surface area contributed by atoms with Crippen LogP contribution in [-0.2, 0) is 0 Å². The third-order valence-electron chi connectivity index (χ3n) is 3.81. The third kappa shape index (κ3) is 4.20. The Morgan fingerprint density at radius 1 is 1.16 bits per heavy atom. The van der Waals surface area contributed by atoms with E-state index < -0.39 is 7.12 Å². The van der Waals surface area contributed by atoms with Crippen LogP contribution in [0.1, 0.15) is 5.56 Å². The highest BCUT2D eigenvalue weighted by Crippen LogP contribution is 2.22. The van der Waals surface area contributed by atoms with Gasteiger partial charge in [-0.2, -0.15) is 0 Å². The van der Waals surface area contributed by atoms with Crippen molar-refractivity contribution in [3.05, 3.63) is 64.5 Å². The maximum absolute atomic E-state index is 11.5. The monoisotopic (exact) mass is 339 g/mol. The fraction of sp³-hybridized carbons (Fsp3) is 0.167. The lowest BCUT2D eigenvalue weighted by Crippen LogP contribution is -2.29. The zero-order valence-electron chi connectivity index (χ0n) is 13.7. The van der Waals surface area contributed by atoms with Crippen molar-refractivity contribution >= 4 is 29.2 Å². The third-order valence-corrected chi connectivity index (χ3v) is 3.81. The summed E-state index contributed by atoms with van der Waals surface area (Å²) >= 11 is 0. The van der Waals surface area contributed by atoms with E-state index in [0.717, 1.165) is 16.6 Å². The van der Waals surface area contributed by atoms with E-state index in [-0.39, 0.29) is 5.63 Å². The Hall–Kier alpha value is -2.77. The summed E-state index contributed by atoms with van der Waals surface area (Å²) in [6.45, 7) is 2.79. The maximum atomic E-state index is 11.5. The minimum Gasteiger partial charge on any atom is -0.492 e. The zero-order valence-corrected chi connectivity index (χ0v) is 13.7. The fourth-order valence-electron chi connectivity index (χ4n) is 2.57. The van der Waals surface area contributed by atoms with E-state index in [4.69, 9.17) is 19.2 Å². The SMILES string of the molecule is Cc1cc(=O)oc2cc(OCCNc3cccc(B(O)O)c3)ccc12. The molecule has 1 heterocycles. The van der Waals surface area contributed by atoms with Gasteiger partial charge in [0.2, 0.25) is 0 Å². The Morgan fingerprint density at radius 3 is 2.80 bits per heavy atom. The highest BCUT2D eigenvalue weighted by atomic mass is 16.5. The average Bonchev–Trinajstić information content (AvgIpc) is 2.58. The van der Waals surface area contributed by atoms with Crippen LogP contribution in [0, 0.1) is 6.92 Å². The second kappa shape index (κ2) is 7.42. The molecule has 0 amide bonds. The van der Waals surface area contributed by atoms with Crippen molar-refractivity contribution in [1.29, 1.82) is 0 Å². The summed E-state index contributed by atoms with van der Waals surface area (Å²) in [5.74, 6) is 0.614. The molecule has 0 atom stereocenters. The van der Waals surface area contributed by atoms with E-state index >= 15 is 0 Å². The lowest BCUT2D eigenvalue weighted by atomic mass is 9.80. The van der Waals surface area contributed by atoms with Crippen molar-refractivity contribution in [2.75, 3.05) is 18.5 Å². The Kier molecular flexibility index (Phi) is 5.07. The number of fused-ring (bicyclic) bond motifs is 1. The van der Waals surface area contributed by atoms with Crippen LogP contribution in [0.15, 0.2) is 57.7 Å². The van der Waals surface area contributed by atoms with Crippen LogP contribution in [-0.4, -0.2) is 30.3 Å². The summed E-state index contributed by atoms with van der Waals surface area (Å²) in [5.41, 5.74) is 2.18. The molecule has 0 unspecified atom stereocenters. The molecule has 128 valence electrons. The number of anilines is 1. The van der Waals surface area contributed by atoms with Gasteiger partial charge in [0.05, 0.1) is 0 Å². The van der Waals surface area contributed by atoms with Crippen molar-refractivity contribution in [2.45, 2.75) is 6.92 Å². The molecule has 3 N–H and O–H groups in total. The maximum Gasteiger partial charge on any atom is 0.488 e. The first-order valence-electron chi connectivity index (χ1n) is 7.90. The highest BCUT2D eigenvalue weighted by Gasteiger charge is 2.10. The molecule has 0 spiro atoms. The standard InChI is InChI=1S/C18H18BNO5/c1-12-9-18(21)25-17-11-15(5-6-16(12)17)24-8-7-20-14-4-2-3-13(10-14)19(22)23/h2-6,9-11,20,22-23H,7-8H2,1H3. The molecule has 0 aliphatic carbocycles. The van der Waals surface area contributed by atoms with Gasteiger partial charge in [-0.05, 0) is 42.2 Å². The van der Waals surface area contributed by atoms with Gasteiger partial charge in [-0.25, -0.2) is 4.79 Å². The zero-order chi connectivity index (χ0) is 17.8. The molecule has 2 aromatic carbocycles. The largest absolute Gasteiger partial charge is 0.492 e. The molecule has 0 aliphatic heterocycles. The second-order valence-electron chi connectivity index (χ2n) is 5.68. The first kappa shape index (κ1) is 17.1. The van der Waals surface area contributed by atoms with Crippen molar-refractivity contribution in [3.8, 4) is 5.75 Å². The van der Waals surface area contributed by atoms with Crippen molar-refractivity contribution < 1.29 is 19.2 Å². The number of rotatable bonds is 6. The van der Waals surface area contributed by atoms with Gasteiger partial charge in [-0.15, -0.1) is 0 Å². The quantitative estimate of drug-likeness (QED) is 0.356. The lowest BCUT2D eigenvalue weighted by Gasteiger charge is -2.10. The van der Waals surface area contributed by atoms with Gasteiger partial charge in [-0.1, -0.05) is 12.1 Å². The van der Waals surface area contributed by atoms with Crippen LogP contribution in [0.2, 0.25) is 0 Å². The van der Waals surface area contributed by atoms with Gasteiger partial charge >= 0.3 is 12.7 Å². The molecule has 25 heavy (non-hydrogen) atoms. The molecule has 0 aliphatic rings. The number of ether oxygens (including phenoxy) is 1. The van der Waals surface area contributed by atoms with Gasteiger partial charge in [0.25, 0.3) is 0 Å². The molecule has 6 nitrogen and oxygen atoms in total. The summed E-state index contributed by atoms with van der Waals surface area (Å²) in [5, 5.41) is 22.4. The summed E-state index contributed by atoms with van der Waals surface area (Å²) in [4.78, 5) is 11.5. The highest BCUT2D eigenvalue weighted by molar-refractivity contribution is 6.58. The van der Waals surface area contributed by atoms with E-state index in [9.17, 15) is 4.79 Å². The lowest BCUT2D eigenvalue weighted by molar-refractivity contribution is 0.332. The first-order chi connectivity index (χ1) is 12.0. The number of nitrogens with one attached hydrogen (secondary N) is 1. The minimum atomic E-state index is -1.49. The molecule has 3 aromatic rings. The van der Waals surface area contributed by atoms with Gasteiger partial charge in [0.1, 0.15) is 17.9 Å². The molecule has 0 saturated carbocycles. The van der Waals surface area contributed by atoms with Gasteiger partial charge in [0.15, 0.2) is 0 Å². The van der Waals surface area contributed by atoms with Gasteiger partial charge in [0, 0.05) is 29.8 Å². The molecule has 7 heteroatoms. The topological polar surface area (TPSA) is 91.9 Å². The van der Waals surface area contributed by atoms with E-state index in [2.05, 4.69) is 5.32 Å². The molecule has 3 rings (SSSR count). The van der Waals surface area contributed by atoms with Crippen LogP contribution in [0.5, 0.6) is 5.75 Å². The molecule has 0 bridgehead atoms. The normalized spacial score (nSPS) is 10.7. The summed E-state index contributed by atoms with van der Waals surface area (Å²) in [6, 6.07) is 13.7. The van der Waals surface area contributed by atoms with E-state index in [1.54, 1.807) is 24.3 Å². The Labute approximate surface area is 144 Å². The predicted octanol–water partition coefficient (Wildman–Crippen LogP) is 1.27. The summed E-state index contributed by atoms with van der Waals surface area (Å²) < 4.78 is 10.9. The smallest absolute Gasteiger partial charge is 0.488 e. The first-order valence-corrected chi connectivity index (χ1v) is 7.90. The molecule has 0 radical (unpaired) electrons. The van der Waals surface area contributed by atoms with Crippen molar-refractivity contribution in [1.82, 2.24) is 0 Å². The van der Waals surface area contributed by atoms with E-state index in [1.165, 1.54) is 6.07 Å². The number of aryl methyl sites for hydroxylation is 1. The molecule has 0 saturated heterocycles. The number of hydrogen-bond acceptors (Lipinski definition) is 6. The number of benzene rings is 2. The Balaban J connectivity index is 1.60. The van der Waals surface area contributed by atoms with Crippen LogP contribution in [0.3, 0.4) is 0 Å². The second-order valence-corrected chi connectivity index (χ2v) is 5.68. The molecule has 0 fully saturated rings. The predicted molar refractivity (Wildman–Crippen MR) is 97.5 cm³/mol. The summed E-state index contributed by atoms with van der Waals surface area (Å²) in [7, 11) is -1.49. The average molecular weight is 339 g/mol. The Bertz CT molecular complexity index is 938.